The van der Waals surface area contributed by atoms with E-state index in [4.69, 9.17) is 25.8 Å². The van der Waals surface area contributed by atoms with Gasteiger partial charge < -0.3 is 19.5 Å². The van der Waals surface area contributed by atoms with Gasteiger partial charge in [0.25, 0.3) is 0 Å². The molecule has 0 radical (unpaired) electrons. The molecule has 2 aromatic carbocycles. The van der Waals surface area contributed by atoms with Crippen LogP contribution in [0.5, 0.6) is 17.2 Å². The van der Waals surface area contributed by atoms with Gasteiger partial charge in [-0.1, -0.05) is 17.7 Å². The molecule has 5 nitrogen and oxygen atoms in total. The van der Waals surface area contributed by atoms with Crippen molar-refractivity contribution < 1.29 is 19.0 Å². The van der Waals surface area contributed by atoms with Gasteiger partial charge in [-0.25, -0.2) is 0 Å². The fourth-order valence-electron chi connectivity index (χ4n) is 2.53. The van der Waals surface area contributed by atoms with Crippen molar-refractivity contribution >= 4 is 17.5 Å². The van der Waals surface area contributed by atoms with E-state index in [0.717, 1.165) is 22.4 Å². The Labute approximate surface area is 145 Å². The van der Waals surface area contributed by atoms with Gasteiger partial charge in [0.15, 0.2) is 11.5 Å². The summed E-state index contributed by atoms with van der Waals surface area (Å²) in [6.45, 7) is 2.60. The van der Waals surface area contributed by atoms with Gasteiger partial charge in [0.05, 0.1) is 18.6 Å². The Hall–Kier alpha value is -2.40. The van der Waals surface area contributed by atoms with E-state index in [0.29, 0.717) is 23.1 Å². The summed E-state index contributed by atoms with van der Waals surface area (Å²) in [6, 6.07) is 9.23. The predicted octanol–water partition coefficient (Wildman–Crippen LogP) is 3.24. The molecule has 0 aliphatic carbocycles. The number of rotatable bonds is 5. The maximum absolute atomic E-state index is 12.2. The molecule has 6 heteroatoms. The van der Waals surface area contributed by atoms with Crippen LogP contribution in [0.1, 0.15) is 16.7 Å². The molecule has 1 heterocycles. The SMILES string of the molecule is COc1cc(C)c(CC(=O)NCc2ccc3c(c2)OCO3)cc1Cl. The first-order valence-electron chi connectivity index (χ1n) is 7.55. The van der Waals surface area contributed by atoms with Gasteiger partial charge in [-0.15, -0.1) is 0 Å². The minimum Gasteiger partial charge on any atom is -0.495 e. The zero-order valence-electron chi connectivity index (χ0n) is 13.5. The van der Waals surface area contributed by atoms with Crippen molar-refractivity contribution in [3.05, 3.63) is 52.0 Å². The Kier molecular flexibility index (Phi) is 4.81. The smallest absolute Gasteiger partial charge is 0.231 e. The van der Waals surface area contributed by atoms with E-state index in [2.05, 4.69) is 5.32 Å². The number of methoxy groups -OCH3 is 1. The third-order valence-corrected chi connectivity index (χ3v) is 4.18. The molecule has 0 unspecified atom stereocenters. The number of fused-ring (bicyclic) bond motifs is 1. The van der Waals surface area contributed by atoms with Crippen LogP contribution in [0.3, 0.4) is 0 Å². The lowest BCUT2D eigenvalue weighted by molar-refractivity contribution is -0.120. The van der Waals surface area contributed by atoms with E-state index < -0.39 is 0 Å². The van der Waals surface area contributed by atoms with Crippen LogP contribution in [0.25, 0.3) is 0 Å². The normalized spacial score (nSPS) is 12.1. The van der Waals surface area contributed by atoms with Crippen LogP contribution in [0.2, 0.25) is 5.02 Å². The summed E-state index contributed by atoms with van der Waals surface area (Å²) < 4.78 is 15.8. The molecule has 126 valence electrons. The van der Waals surface area contributed by atoms with Gasteiger partial charge in [-0.05, 0) is 47.9 Å². The fourth-order valence-corrected chi connectivity index (χ4v) is 2.79. The highest BCUT2D eigenvalue weighted by molar-refractivity contribution is 6.32. The molecule has 0 saturated heterocycles. The van der Waals surface area contributed by atoms with E-state index in [1.54, 1.807) is 13.2 Å². The lowest BCUT2D eigenvalue weighted by atomic mass is 10.0. The second-order valence-corrected chi connectivity index (χ2v) is 5.96. The summed E-state index contributed by atoms with van der Waals surface area (Å²) in [5.74, 6) is 1.98. The van der Waals surface area contributed by atoms with E-state index >= 15 is 0 Å². The summed E-state index contributed by atoms with van der Waals surface area (Å²) in [5, 5.41) is 3.41. The summed E-state index contributed by atoms with van der Waals surface area (Å²) in [4.78, 5) is 12.2. The summed E-state index contributed by atoms with van der Waals surface area (Å²) in [5.41, 5.74) is 2.80. The molecule has 0 fully saturated rings. The molecular formula is C18H18ClNO4. The number of aryl methyl sites for hydroxylation is 1. The Morgan fingerprint density at radius 2 is 2.04 bits per heavy atom. The Morgan fingerprint density at radius 1 is 1.25 bits per heavy atom. The average molecular weight is 348 g/mol. The maximum Gasteiger partial charge on any atom is 0.231 e. The lowest BCUT2D eigenvalue weighted by Gasteiger charge is -2.11. The van der Waals surface area contributed by atoms with Gasteiger partial charge in [-0.2, -0.15) is 0 Å². The first-order chi connectivity index (χ1) is 11.6. The Bertz CT molecular complexity index is 776. The van der Waals surface area contributed by atoms with Gasteiger partial charge >= 0.3 is 0 Å². The predicted molar refractivity (Wildman–Crippen MR) is 90.9 cm³/mol. The molecule has 1 amide bonds. The van der Waals surface area contributed by atoms with Crippen LogP contribution in [0, 0.1) is 6.92 Å². The number of carbonyl (C=O) groups is 1. The van der Waals surface area contributed by atoms with Crippen molar-refractivity contribution in [2.45, 2.75) is 19.9 Å². The number of benzene rings is 2. The first-order valence-corrected chi connectivity index (χ1v) is 7.93. The number of nitrogens with one attached hydrogen (secondary N) is 1. The Morgan fingerprint density at radius 3 is 2.83 bits per heavy atom. The lowest BCUT2D eigenvalue weighted by Crippen LogP contribution is -2.24. The van der Waals surface area contributed by atoms with E-state index in [9.17, 15) is 4.79 Å². The molecule has 1 N–H and O–H groups in total. The average Bonchev–Trinajstić information content (AvgIpc) is 3.03. The molecule has 0 bridgehead atoms. The second kappa shape index (κ2) is 7.01. The van der Waals surface area contributed by atoms with Crippen molar-refractivity contribution in [3.8, 4) is 17.2 Å². The van der Waals surface area contributed by atoms with Crippen molar-refractivity contribution in [1.29, 1.82) is 0 Å². The van der Waals surface area contributed by atoms with Crippen LogP contribution in [-0.4, -0.2) is 19.8 Å². The minimum atomic E-state index is -0.0722. The largest absolute Gasteiger partial charge is 0.495 e. The first kappa shape index (κ1) is 16.5. The molecule has 3 rings (SSSR count). The molecule has 0 saturated carbocycles. The Balaban J connectivity index is 1.61. The topological polar surface area (TPSA) is 56.8 Å². The van der Waals surface area contributed by atoms with Gasteiger partial charge in [0.1, 0.15) is 5.75 Å². The van der Waals surface area contributed by atoms with Gasteiger partial charge in [0, 0.05) is 6.54 Å². The van der Waals surface area contributed by atoms with Crippen molar-refractivity contribution in [3.63, 3.8) is 0 Å². The molecule has 1 aliphatic rings. The maximum atomic E-state index is 12.2. The highest BCUT2D eigenvalue weighted by Crippen LogP contribution is 2.32. The van der Waals surface area contributed by atoms with E-state index in [1.165, 1.54) is 0 Å². The van der Waals surface area contributed by atoms with Crippen LogP contribution >= 0.6 is 11.6 Å². The summed E-state index contributed by atoms with van der Waals surface area (Å²) >= 11 is 6.13. The number of ether oxygens (including phenoxy) is 3. The van der Waals surface area contributed by atoms with Crippen LogP contribution in [0.15, 0.2) is 30.3 Å². The highest BCUT2D eigenvalue weighted by Gasteiger charge is 2.14. The molecule has 2 aromatic rings. The number of hydrogen-bond acceptors (Lipinski definition) is 4. The summed E-state index contributed by atoms with van der Waals surface area (Å²) in [6.07, 6.45) is 0.264. The number of halogens is 1. The van der Waals surface area contributed by atoms with Crippen LogP contribution in [0.4, 0.5) is 0 Å². The van der Waals surface area contributed by atoms with Gasteiger partial charge in [0.2, 0.25) is 12.7 Å². The van der Waals surface area contributed by atoms with Crippen molar-refractivity contribution in [2.24, 2.45) is 0 Å². The number of hydrogen-bond donors (Lipinski definition) is 1. The third kappa shape index (κ3) is 3.57. The summed E-state index contributed by atoms with van der Waals surface area (Å²) in [7, 11) is 1.57. The monoisotopic (exact) mass is 347 g/mol. The molecule has 0 spiro atoms. The van der Waals surface area contributed by atoms with Crippen molar-refractivity contribution in [2.75, 3.05) is 13.9 Å². The molecule has 24 heavy (non-hydrogen) atoms. The standard InChI is InChI=1S/C18H18ClNO4/c1-11-5-16(22-2)14(19)7-13(11)8-18(21)20-9-12-3-4-15-17(6-12)24-10-23-15/h3-7H,8-10H2,1-2H3,(H,20,21). The van der Waals surface area contributed by atoms with E-state index in [1.807, 2.05) is 31.2 Å². The zero-order chi connectivity index (χ0) is 17.1. The molecule has 1 aliphatic heterocycles. The molecule has 0 aromatic heterocycles. The van der Waals surface area contributed by atoms with Crippen LogP contribution < -0.4 is 19.5 Å². The van der Waals surface area contributed by atoms with Crippen LogP contribution in [-0.2, 0) is 17.8 Å². The zero-order valence-corrected chi connectivity index (χ0v) is 14.3. The fraction of sp³-hybridized carbons (Fsp3) is 0.278. The second-order valence-electron chi connectivity index (χ2n) is 5.55. The number of amides is 1. The number of carbonyl (C=O) groups excluding carboxylic acids is 1. The minimum absolute atomic E-state index is 0.0722. The highest BCUT2D eigenvalue weighted by atomic mass is 35.5. The molecular weight excluding hydrogens is 330 g/mol. The molecule has 0 atom stereocenters. The van der Waals surface area contributed by atoms with E-state index in [-0.39, 0.29) is 19.1 Å². The third-order valence-electron chi connectivity index (χ3n) is 3.89. The van der Waals surface area contributed by atoms with Gasteiger partial charge in [-0.3, -0.25) is 4.79 Å². The van der Waals surface area contributed by atoms with Crippen molar-refractivity contribution in [1.82, 2.24) is 5.32 Å². The quantitative estimate of drug-likeness (QED) is 0.902.